The summed E-state index contributed by atoms with van der Waals surface area (Å²) < 4.78 is 19.6. The van der Waals surface area contributed by atoms with E-state index >= 15 is 0 Å². The Hall–Kier alpha value is -1.04. The molecule has 1 aliphatic rings. The van der Waals surface area contributed by atoms with Crippen molar-refractivity contribution in [1.29, 1.82) is 0 Å². The molecule has 0 saturated carbocycles. The smallest absolute Gasteiger partial charge is 0.146 e. The molecule has 2 unspecified atom stereocenters. The molecule has 5 heteroatoms. The number of hydrogen-bond acceptors (Lipinski definition) is 4. The number of morpholine rings is 1. The van der Waals surface area contributed by atoms with E-state index in [-0.39, 0.29) is 18.0 Å². The van der Waals surface area contributed by atoms with Crippen molar-refractivity contribution in [3.05, 3.63) is 29.8 Å². The molecule has 0 amide bonds. The van der Waals surface area contributed by atoms with Crippen LogP contribution in [0.3, 0.4) is 0 Å². The Kier molecular flexibility index (Phi) is 4.63. The molecule has 4 nitrogen and oxygen atoms in total. The topological polar surface area (TPSA) is 37.4 Å². The molecule has 1 saturated heterocycles. The number of likely N-dealkylation sites (N-methyl/N-ethyl adjacent to an activating group) is 2. The van der Waals surface area contributed by atoms with Gasteiger partial charge in [0, 0.05) is 24.8 Å². The van der Waals surface area contributed by atoms with Gasteiger partial charge in [-0.25, -0.2) is 4.39 Å². The maximum Gasteiger partial charge on any atom is 0.146 e. The normalized spacial score (nSPS) is 22.9. The van der Waals surface area contributed by atoms with Gasteiger partial charge >= 0.3 is 0 Å². The van der Waals surface area contributed by atoms with Gasteiger partial charge < -0.3 is 10.1 Å². The standard InChI is InChI=1S/C13H20FN3O/c1-3-17-6-7-18-12(9-17)13(15-2)10-4-5-16-8-11(10)14/h4-5,8,12-13,15H,3,6-7,9H2,1-2H3. The summed E-state index contributed by atoms with van der Waals surface area (Å²) in [4.78, 5) is 6.10. The molecule has 2 rings (SSSR count). The van der Waals surface area contributed by atoms with Crippen LogP contribution in [0.25, 0.3) is 0 Å². The molecule has 0 spiro atoms. The molecule has 2 heterocycles. The van der Waals surface area contributed by atoms with E-state index < -0.39 is 0 Å². The highest BCUT2D eigenvalue weighted by Gasteiger charge is 2.29. The summed E-state index contributed by atoms with van der Waals surface area (Å²) in [5.41, 5.74) is 0.621. The number of rotatable bonds is 4. The number of aromatic nitrogens is 1. The Balaban J connectivity index is 2.15. The van der Waals surface area contributed by atoms with Crippen molar-refractivity contribution >= 4 is 0 Å². The second-order valence-corrected chi connectivity index (χ2v) is 4.47. The van der Waals surface area contributed by atoms with Crippen LogP contribution in [0.2, 0.25) is 0 Å². The summed E-state index contributed by atoms with van der Waals surface area (Å²) in [6.07, 6.45) is 2.84. The molecule has 0 aliphatic carbocycles. The zero-order valence-electron chi connectivity index (χ0n) is 10.9. The van der Waals surface area contributed by atoms with Crippen molar-refractivity contribution in [2.45, 2.75) is 19.1 Å². The van der Waals surface area contributed by atoms with Gasteiger partial charge in [0.1, 0.15) is 5.82 Å². The first-order chi connectivity index (χ1) is 8.76. The third kappa shape index (κ3) is 2.85. The van der Waals surface area contributed by atoms with Crippen LogP contribution in [0.4, 0.5) is 4.39 Å². The monoisotopic (exact) mass is 253 g/mol. The lowest BCUT2D eigenvalue weighted by Gasteiger charge is -2.36. The average molecular weight is 253 g/mol. The Bertz CT molecular complexity index is 388. The third-order valence-corrected chi connectivity index (χ3v) is 3.45. The molecule has 0 radical (unpaired) electrons. The van der Waals surface area contributed by atoms with Gasteiger partial charge in [0.15, 0.2) is 0 Å². The number of pyridine rings is 1. The maximum atomic E-state index is 13.8. The predicted octanol–water partition coefficient (Wildman–Crippen LogP) is 1.20. The molecule has 1 aromatic heterocycles. The van der Waals surface area contributed by atoms with Crippen LogP contribution in [-0.4, -0.2) is 49.3 Å². The third-order valence-electron chi connectivity index (χ3n) is 3.45. The number of ether oxygens (including phenoxy) is 1. The van der Waals surface area contributed by atoms with Crippen molar-refractivity contribution in [3.63, 3.8) is 0 Å². The van der Waals surface area contributed by atoms with Crippen molar-refractivity contribution < 1.29 is 9.13 Å². The Morgan fingerprint density at radius 3 is 3.17 bits per heavy atom. The molecule has 2 atom stereocenters. The summed E-state index contributed by atoms with van der Waals surface area (Å²) in [7, 11) is 1.83. The van der Waals surface area contributed by atoms with Crippen LogP contribution in [0.1, 0.15) is 18.5 Å². The molecular weight excluding hydrogens is 233 g/mol. The SMILES string of the molecule is CCN1CCOC(C(NC)c2ccncc2F)C1. The second-order valence-electron chi connectivity index (χ2n) is 4.47. The van der Waals surface area contributed by atoms with Crippen molar-refractivity contribution in [2.24, 2.45) is 0 Å². The van der Waals surface area contributed by atoms with Gasteiger partial charge in [-0.2, -0.15) is 0 Å². The lowest BCUT2D eigenvalue weighted by atomic mass is 10.0. The summed E-state index contributed by atoms with van der Waals surface area (Å²) in [5.74, 6) is -0.283. The Labute approximate surface area is 107 Å². The second kappa shape index (κ2) is 6.22. The molecule has 1 aliphatic heterocycles. The predicted molar refractivity (Wildman–Crippen MR) is 67.8 cm³/mol. The van der Waals surface area contributed by atoms with E-state index in [1.54, 1.807) is 12.3 Å². The molecular formula is C13H20FN3O. The quantitative estimate of drug-likeness (QED) is 0.875. The number of nitrogens with one attached hydrogen (secondary N) is 1. The Morgan fingerprint density at radius 2 is 2.50 bits per heavy atom. The zero-order chi connectivity index (χ0) is 13.0. The van der Waals surface area contributed by atoms with E-state index in [0.717, 1.165) is 19.6 Å². The fraction of sp³-hybridized carbons (Fsp3) is 0.615. The fourth-order valence-electron chi connectivity index (χ4n) is 2.40. The van der Waals surface area contributed by atoms with E-state index in [0.29, 0.717) is 12.2 Å². The molecule has 18 heavy (non-hydrogen) atoms. The number of halogens is 1. The van der Waals surface area contributed by atoms with Crippen LogP contribution < -0.4 is 5.32 Å². The van der Waals surface area contributed by atoms with Crippen molar-refractivity contribution in [2.75, 3.05) is 33.3 Å². The van der Waals surface area contributed by atoms with E-state index in [1.807, 2.05) is 7.05 Å². The first-order valence-electron chi connectivity index (χ1n) is 6.37. The van der Waals surface area contributed by atoms with Gasteiger partial charge in [0.05, 0.1) is 24.9 Å². The molecule has 100 valence electrons. The van der Waals surface area contributed by atoms with Gasteiger partial charge in [-0.3, -0.25) is 9.88 Å². The molecule has 1 fully saturated rings. The van der Waals surface area contributed by atoms with Gasteiger partial charge in [-0.05, 0) is 19.7 Å². The van der Waals surface area contributed by atoms with Crippen LogP contribution >= 0.6 is 0 Å². The first kappa shape index (κ1) is 13.4. The molecule has 0 aromatic carbocycles. The van der Waals surface area contributed by atoms with E-state index in [9.17, 15) is 4.39 Å². The minimum absolute atomic E-state index is 0.0272. The fourth-order valence-corrected chi connectivity index (χ4v) is 2.40. The Morgan fingerprint density at radius 1 is 1.67 bits per heavy atom. The van der Waals surface area contributed by atoms with Gasteiger partial charge in [-0.1, -0.05) is 6.92 Å². The zero-order valence-corrected chi connectivity index (χ0v) is 10.9. The van der Waals surface area contributed by atoms with Crippen LogP contribution in [0.15, 0.2) is 18.5 Å². The minimum Gasteiger partial charge on any atom is -0.374 e. The lowest BCUT2D eigenvalue weighted by Crippen LogP contribution is -2.47. The minimum atomic E-state index is -0.283. The van der Waals surface area contributed by atoms with Crippen LogP contribution in [-0.2, 0) is 4.74 Å². The largest absolute Gasteiger partial charge is 0.374 e. The summed E-state index contributed by atoms with van der Waals surface area (Å²) >= 11 is 0. The lowest BCUT2D eigenvalue weighted by molar-refractivity contribution is -0.0449. The van der Waals surface area contributed by atoms with E-state index in [4.69, 9.17) is 4.74 Å². The van der Waals surface area contributed by atoms with E-state index in [1.165, 1.54) is 6.20 Å². The van der Waals surface area contributed by atoms with Crippen LogP contribution in [0, 0.1) is 5.82 Å². The summed E-state index contributed by atoms with van der Waals surface area (Å²) in [6, 6.07) is 1.58. The highest BCUT2D eigenvalue weighted by Crippen LogP contribution is 2.23. The van der Waals surface area contributed by atoms with Crippen molar-refractivity contribution in [3.8, 4) is 0 Å². The number of nitrogens with zero attached hydrogens (tertiary/aromatic N) is 2. The van der Waals surface area contributed by atoms with Crippen LogP contribution in [0.5, 0.6) is 0 Å². The highest BCUT2D eigenvalue weighted by atomic mass is 19.1. The maximum absolute atomic E-state index is 13.8. The van der Waals surface area contributed by atoms with Gasteiger partial charge in [-0.15, -0.1) is 0 Å². The summed E-state index contributed by atoms with van der Waals surface area (Å²) in [6.45, 7) is 5.59. The van der Waals surface area contributed by atoms with Crippen molar-refractivity contribution in [1.82, 2.24) is 15.2 Å². The molecule has 1 aromatic rings. The number of hydrogen-bond donors (Lipinski definition) is 1. The van der Waals surface area contributed by atoms with Gasteiger partial charge in [0.25, 0.3) is 0 Å². The average Bonchev–Trinajstić information content (AvgIpc) is 2.42. The summed E-state index contributed by atoms with van der Waals surface area (Å²) in [5, 5.41) is 3.15. The van der Waals surface area contributed by atoms with E-state index in [2.05, 4.69) is 22.1 Å². The highest BCUT2D eigenvalue weighted by molar-refractivity contribution is 5.19. The van der Waals surface area contributed by atoms with Gasteiger partial charge in [0.2, 0.25) is 0 Å². The first-order valence-corrected chi connectivity index (χ1v) is 6.37. The molecule has 1 N–H and O–H groups in total. The molecule has 0 bridgehead atoms.